The highest BCUT2D eigenvalue weighted by atomic mass is 19.1. The molecule has 1 atom stereocenters. The van der Waals surface area contributed by atoms with Crippen LogP contribution in [0.2, 0.25) is 0 Å². The van der Waals surface area contributed by atoms with E-state index in [1.54, 1.807) is 0 Å². The second kappa shape index (κ2) is 5.33. The van der Waals surface area contributed by atoms with Gasteiger partial charge < -0.3 is 9.47 Å². The SMILES string of the molecule is O=Cc1cccc(F)c1OCC1COc2ccccc21. The third kappa shape index (κ3) is 2.25. The van der Waals surface area contributed by atoms with Gasteiger partial charge in [-0.2, -0.15) is 0 Å². The van der Waals surface area contributed by atoms with Crippen LogP contribution >= 0.6 is 0 Å². The number of ether oxygens (including phenoxy) is 2. The second-order valence-corrected chi connectivity index (χ2v) is 4.63. The van der Waals surface area contributed by atoms with Crippen LogP contribution in [0.25, 0.3) is 0 Å². The molecule has 0 saturated carbocycles. The normalized spacial score (nSPS) is 16.4. The van der Waals surface area contributed by atoms with E-state index in [0.717, 1.165) is 11.3 Å². The fraction of sp³-hybridized carbons (Fsp3) is 0.188. The van der Waals surface area contributed by atoms with Gasteiger partial charge in [-0.05, 0) is 18.2 Å². The minimum atomic E-state index is -0.526. The van der Waals surface area contributed by atoms with Gasteiger partial charge >= 0.3 is 0 Å². The monoisotopic (exact) mass is 272 g/mol. The first kappa shape index (κ1) is 12.7. The Morgan fingerprint density at radius 3 is 2.95 bits per heavy atom. The first-order chi connectivity index (χ1) is 9.79. The number of fused-ring (bicyclic) bond motifs is 1. The van der Waals surface area contributed by atoms with E-state index in [1.807, 2.05) is 24.3 Å². The third-order valence-electron chi connectivity index (χ3n) is 3.35. The van der Waals surface area contributed by atoms with Crippen LogP contribution in [-0.4, -0.2) is 19.5 Å². The molecule has 102 valence electrons. The van der Waals surface area contributed by atoms with Gasteiger partial charge in [-0.25, -0.2) is 4.39 Å². The minimum Gasteiger partial charge on any atom is -0.493 e. The summed E-state index contributed by atoms with van der Waals surface area (Å²) in [5, 5.41) is 0. The van der Waals surface area contributed by atoms with Crippen molar-refractivity contribution in [3.05, 3.63) is 59.4 Å². The Hall–Kier alpha value is -2.36. The molecular weight excluding hydrogens is 259 g/mol. The first-order valence-corrected chi connectivity index (χ1v) is 6.38. The van der Waals surface area contributed by atoms with E-state index in [1.165, 1.54) is 18.2 Å². The summed E-state index contributed by atoms with van der Waals surface area (Å²) in [5.74, 6) is 0.365. The summed E-state index contributed by atoms with van der Waals surface area (Å²) in [4.78, 5) is 10.9. The van der Waals surface area contributed by atoms with E-state index in [4.69, 9.17) is 9.47 Å². The topological polar surface area (TPSA) is 35.5 Å². The van der Waals surface area contributed by atoms with E-state index < -0.39 is 5.82 Å². The Kier molecular flexibility index (Phi) is 3.37. The molecule has 4 heteroatoms. The third-order valence-corrected chi connectivity index (χ3v) is 3.35. The van der Waals surface area contributed by atoms with Crippen molar-refractivity contribution in [2.24, 2.45) is 0 Å². The fourth-order valence-corrected chi connectivity index (χ4v) is 2.32. The van der Waals surface area contributed by atoms with Crippen molar-refractivity contribution in [1.29, 1.82) is 0 Å². The van der Waals surface area contributed by atoms with E-state index in [2.05, 4.69) is 0 Å². The number of para-hydroxylation sites is 2. The van der Waals surface area contributed by atoms with Crippen LogP contribution in [0.3, 0.4) is 0 Å². The van der Waals surface area contributed by atoms with Crippen molar-refractivity contribution >= 4 is 6.29 Å². The number of hydrogen-bond acceptors (Lipinski definition) is 3. The zero-order valence-electron chi connectivity index (χ0n) is 10.7. The lowest BCUT2D eigenvalue weighted by Gasteiger charge is -2.13. The average molecular weight is 272 g/mol. The predicted octanol–water partition coefficient (Wildman–Crippen LogP) is 3.19. The van der Waals surface area contributed by atoms with Crippen molar-refractivity contribution < 1.29 is 18.7 Å². The molecule has 3 nitrogen and oxygen atoms in total. The lowest BCUT2D eigenvalue weighted by molar-refractivity contribution is 0.111. The van der Waals surface area contributed by atoms with Gasteiger partial charge in [0.2, 0.25) is 0 Å². The zero-order valence-corrected chi connectivity index (χ0v) is 10.7. The number of benzene rings is 2. The van der Waals surface area contributed by atoms with Crippen LogP contribution in [0.15, 0.2) is 42.5 Å². The first-order valence-electron chi connectivity index (χ1n) is 6.38. The molecule has 0 aromatic heterocycles. The smallest absolute Gasteiger partial charge is 0.165 e. The zero-order chi connectivity index (χ0) is 13.9. The number of hydrogen-bond donors (Lipinski definition) is 0. The van der Waals surface area contributed by atoms with Gasteiger partial charge in [0.25, 0.3) is 0 Å². The number of rotatable bonds is 4. The van der Waals surface area contributed by atoms with Gasteiger partial charge in [0.05, 0.1) is 24.7 Å². The Morgan fingerprint density at radius 1 is 1.25 bits per heavy atom. The van der Waals surface area contributed by atoms with Crippen molar-refractivity contribution in [1.82, 2.24) is 0 Å². The van der Waals surface area contributed by atoms with E-state index >= 15 is 0 Å². The average Bonchev–Trinajstić information content (AvgIpc) is 2.89. The summed E-state index contributed by atoms with van der Waals surface area (Å²) in [6.45, 7) is 0.781. The van der Waals surface area contributed by atoms with Crippen LogP contribution in [0.4, 0.5) is 4.39 Å². The van der Waals surface area contributed by atoms with Crippen LogP contribution < -0.4 is 9.47 Å². The predicted molar refractivity (Wildman–Crippen MR) is 72.0 cm³/mol. The summed E-state index contributed by atoms with van der Waals surface area (Å²) in [5.41, 5.74) is 1.27. The lowest BCUT2D eigenvalue weighted by atomic mass is 10.0. The molecule has 2 aromatic carbocycles. The lowest BCUT2D eigenvalue weighted by Crippen LogP contribution is -2.13. The molecule has 0 aliphatic carbocycles. The maximum atomic E-state index is 13.7. The minimum absolute atomic E-state index is 0.00637. The maximum Gasteiger partial charge on any atom is 0.165 e. The van der Waals surface area contributed by atoms with Gasteiger partial charge in [-0.3, -0.25) is 4.79 Å². The van der Waals surface area contributed by atoms with Crippen molar-refractivity contribution in [3.63, 3.8) is 0 Å². The number of aldehydes is 1. The summed E-state index contributed by atoms with van der Waals surface area (Å²) >= 11 is 0. The Morgan fingerprint density at radius 2 is 2.10 bits per heavy atom. The quantitative estimate of drug-likeness (QED) is 0.802. The number of carbonyl (C=O) groups is 1. The van der Waals surface area contributed by atoms with Gasteiger partial charge in [-0.15, -0.1) is 0 Å². The molecule has 1 unspecified atom stereocenters. The number of halogens is 1. The van der Waals surface area contributed by atoms with Crippen LogP contribution in [0.5, 0.6) is 11.5 Å². The number of carbonyl (C=O) groups excluding carboxylic acids is 1. The van der Waals surface area contributed by atoms with Crippen LogP contribution in [0, 0.1) is 5.82 Å². The molecule has 1 aliphatic heterocycles. The van der Waals surface area contributed by atoms with Gasteiger partial charge in [0, 0.05) is 5.56 Å². The molecule has 20 heavy (non-hydrogen) atoms. The molecule has 0 spiro atoms. The molecule has 1 aliphatic rings. The van der Waals surface area contributed by atoms with E-state index in [-0.39, 0.29) is 23.8 Å². The molecule has 0 amide bonds. The summed E-state index contributed by atoms with van der Waals surface area (Å²) in [6.07, 6.45) is 0.595. The van der Waals surface area contributed by atoms with Gasteiger partial charge in [-0.1, -0.05) is 24.3 Å². The molecule has 3 rings (SSSR count). The molecule has 0 bridgehead atoms. The molecule has 0 N–H and O–H groups in total. The largest absolute Gasteiger partial charge is 0.493 e. The highest BCUT2D eigenvalue weighted by Crippen LogP contribution is 2.34. The highest BCUT2D eigenvalue weighted by Gasteiger charge is 2.25. The molecular formula is C16H13FO3. The van der Waals surface area contributed by atoms with Crippen LogP contribution in [-0.2, 0) is 0 Å². The Labute approximate surface area is 115 Å². The maximum absolute atomic E-state index is 13.7. The van der Waals surface area contributed by atoms with Crippen LogP contribution in [0.1, 0.15) is 21.8 Å². The Bertz CT molecular complexity index is 639. The van der Waals surface area contributed by atoms with Crippen molar-refractivity contribution in [2.45, 2.75) is 5.92 Å². The van der Waals surface area contributed by atoms with Gasteiger partial charge in [0.1, 0.15) is 5.75 Å². The summed E-state index contributed by atoms with van der Waals surface area (Å²) in [7, 11) is 0. The van der Waals surface area contributed by atoms with Crippen molar-refractivity contribution in [3.8, 4) is 11.5 Å². The van der Waals surface area contributed by atoms with Crippen molar-refractivity contribution in [2.75, 3.05) is 13.2 Å². The summed E-state index contributed by atoms with van der Waals surface area (Å²) < 4.78 is 24.7. The van der Waals surface area contributed by atoms with Gasteiger partial charge in [0.15, 0.2) is 17.9 Å². The molecule has 0 radical (unpaired) electrons. The molecule has 2 aromatic rings. The molecule has 1 heterocycles. The summed E-state index contributed by atoms with van der Waals surface area (Å²) in [6, 6.07) is 12.0. The highest BCUT2D eigenvalue weighted by molar-refractivity contribution is 5.79. The van der Waals surface area contributed by atoms with E-state index in [0.29, 0.717) is 12.9 Å². The van der Waals surface area contributed by atoms with E-state index in [9.17, 15) is 9.18 Å². The Balaban J connectivity index is 1.77. The standard InChI is InChI=1S/C16H13FO3/c17-14-6-3-4-11(8-18)16(14)20-10-12-9-19-15-7-2-1-5-13(12)15/h1-8,12H,9-10H2. The molecule has 0 fully saturated rings. The molecule has 0 saturated heterocycles. The second-order valence-electron chi connectivity index (χ2n) is 4.63. The fourth-order valence-electron chi connectivity index (χ4n) is 2.32.